The lowest BCUT2D eigenvalue weighted by Gasteiger charge is -2.14. The maximum absolute atomic E-state index is 12.1. The summed E-state index contributed by atoms with van der Waals surface area (Å²) in [6.07, 6.45) is 0. The van der Waals surface area contributed by atoms with E-state index in [1.165, 1.54) is 11.3 Å². The number of amides is 1. The van der Waals surface area contributed by atoms with E-state index >= 15 is 0 Å². The minimum absolute atomic E-state index is 0. The van der Waals surface area contributed by atoms with E-state index in [9.17, 15) is 4.79 Å². The average Bonchev–Trinajstić information content (AvgIpc) is 3.15. The third kappa shape index (κ3) is 3.32. The minimum Gasteiger partial charge on any atom is -0.454 e. The molecule has 1 aromatic carbocycles. The molecule has 1 aliphatic rings. The molecule has 0 fully saturated rings. The van der Waals surface area contributed by atoms with Crippen LogP contribution < -0.4 is 20.5 Å². The summed E-state index contributed by atoms with van der Waals surface area (Å²) in [5.74, 6) is 1.22. The minimum atomic E-state index is -0.212. The third-order valence-electron chi connectivity index (χ3n) is 3.20. The number of nitrogens with one attached hydrogen (secondary N) is 1. The Balaban J connectivity index is 0.00000176. The fraction of sp³-hybridized carbons (Fsp3) is 0.286. The van der Waals surface area contributed by atoms with Crippen LogP contribution in [0.1, 0.15) is 34.0 Å². The molecule has 0 bridgehead atoms. The van der Waals surface area contributed by atoms with Crippen molar-refractivity contribution in [3.63, 3.8) is 0 Å². The van der Waals surface area contributed by atoms with Crippen molar-refractivity contribution in [3.8, 4) is 11.5 Å². The van der Waals surface area contributed by atoms with Crippen molar-refractivity contribution in [2.45, 2.75) is 19.5 Å². The molecule has 8 heteroatoms. The predicted octanol–water partition coefficient (Wildman–Crippen LogP) is 2.24. The first kappa shape index (κ1) is 16.5. The van der Waals surface area contributed by atoms with E-state index in [1.54, 1.807) is 5.38 Å². The van der Waals surface area contributed by atoms with Crippen LogP contribution in [0.15, 0.2) is 23.6 Å². The number of thiazole rings is 1. The van der Waals surface area contributed by atoms with Crippen molar-refractivity contribution in [2.24, 2.45) is 5.73 Å². The van der Waals surface area contributed by atoms with E-state index in [-0.39, 0.29) is 31.1 Å². The topological polar surface area (TPSA) is 86.5 Å². The Morgan fingerprint density at radius 2 is 2.23 bits per heavy atom. The number of rotatable bonds is 4. The zero-order valence-electron chi connectivity index (χ0n) is 11.9. The lowest BCUT2D eigenvalue weighted by Crippen LogP contribution is -2.27. The molecule has 0 saturated heterocycles. The molecule has 1 aromatic heterocycles. The number of carbonyl (C=O) groups is 1. The summed E-state index contributed by atoms with van der Waals surface area (Å²) in [5.41, 5.74) is 6.84. The van der Waals surface area contributed by atoms with Crippen molar-refractivity contribution in [2.75, 3.05) is 6.79 Å². The quantitative estimate of drug-likeness (QED) is 0.890. The van der Waals surface area contributed by atoms with E-state index in [1.807, 2.05) is 25.1 Å². The molecule has 3 rings (SSSR count). The van der Waals surface area contributed by atoms with Gasteiger partial charge in [-0.2, -0.15) is 0 Å². The van der Waals surface area contributed by atoms with Crippen molar-refractivity contribution in [1.82, 2.24) is 10.3 Å². The highest BCUT2D eigenvalue weighted by atomic mass is 35.5. The number of hydrogen-bond donors (Lipinski definition) is 2. The normalized spacial score (nSPS) is 13.4. The van der Waals surface area contributed by atoms with Gasteiger partial charge in [0.1, 0.15) is 10.7 Å². The van der Waals surface area contributed by atoms with Crippen LogP contribution in [0.2, 0.25) is 0 Å². The van der Waals surface area contributed by atoms with Crippen LogP contribution in [0, 0.1) is 0 Å². The second-order valence-electron chi connectivity index (χ2n) is 4.64. The lowest BCUT2D eigenvalue weighted by molar-refractivity contribution is 0.0935. The summed E-state index contributed by atoms with van der Waals surface area (Å²) in [7, 11) is 0. The van der Waals surface area contributed by atoms with Gasteiger partial charge < -0.3 is 20.5 Å². The van der Waals surface area contributed by atoms with E-state index in [0.29, 0.717) is 18.0 Å². The molecular weight excluding hydrogens is 326 g/mol. The number of halogens is 1. The summed E-state index contributed by atoms with van der Waals surface area (Å²) in [5, 5.41) is 5.37. The first-order valence-electron chi connectivity index (χ1n) is 6.52. The Kier molecular flexibility index (Phi) is 5.23. The maximum atomic E-state index is 12.1. The molecule has 0 saturated carbocycles. The summed E-state index contributed by atoms with van der Waals surface area (Å²) in [4.78, 5) is 16.3. The second kappa shape index (κ2) is 6.95. The van der Waals surface area contributed by atoms with Crippen LogP contribution >= 0.6 is 23.7 Å². The summed E-state index contributed by atoms with van der Waals surface area (Å²) < 4.78 is 10.6. The smallest absolute Gasteiger partial charge is 0.271 e. The van der Waals surface area contributed by atoms with Gasteiger partial charge in [-0.05, 0) is 24.6 Å². The molecule has 1 unspecified atom stereocenters. The Morgan fingerprint density at radius 1 is 1.45 bits per heavy atom. The van der Waals surface area contributed by atoms with Gasteiger partial charge in [0.05, 0.1) is 6.04 Å². The van der Waals surface area contributed by atoms with Crippen molar-refractivity contribution < 1.29 is 14.3 Å². The highest BCUT2D eigenvalue weighted by Gasteiger charge is 2.18. The molecule has 2 heterocycles. The SMILES string of the molecule is CC(NC(=O)c1csc(CN)n1)c1ccc2c(c1)OCO2.Cl. The van der Waals surface area contributed by atoms with Crippen LogP contribution in [-0.2, 0) is 6.54 Å². The molecule has 0 aliphatic carbocycles. The fourth-order valence-electron chi connectivity index (χ4n) is 2.05. The van der Waals surface area contributed by atoms with Gasteiger partial charge >= 0.3 is 0 Å². The predicted molar refractivity (Wildman–Crippen MR) is 85.7 cm³/mol. The number of benzene rings is 1. The summed E-state index contributed by atoms with van der Waals surface area (Å²) >= 11 is 1.38. The van der Waals surface area contributed by atoms with Gasteiger partial charge in [0.15, 0.2) is 11.5 Å². The summed E-state index contributed by atoms with van der Waals surface area (Å²) in [6.45, 7) is 2.49. The van der Waals surface area contributed by atoms with Crippen molar-refractivity contribution in [1.29, 1.82) is 0 Å². The monoisotopic (exact) mass is 341 g/mol. The Bertz CT molecular complexity index is 677. The van der Waals surface area contributed by atoms with Gasteiger partial charge in [-0.25, -0.2) is 4.98 Å². The van der Waals surface area contributed by atoms with Crippen molar-refractivity contribution in [3.05, 3.63) is 39.8 Å². The van der Waals surface area contributed by atoms with E-state index in [4.69, 9.17) is 15.2 Å². The average molecular weight is 342 g/mol. The largest absolute Gasteiger partial charge is 0.454 e. The van der Waals surface area contributed by atoms with E-state index in [0.717, 1.165) is 16.3 Å². The first-order chi connectivity index (χ1) is 10.2. The molecular formula is C14H16ClN3O3S. The van der Waals surface area contributed by atoms with E-state index < -0.39 is 0 Å². The maximum Gasteiger partial charge on any atom is 0.271 e. The number of nitrogens with two attached hydrogens (primary N) is 1. The van der Waals surface area contributed by atoms with Crippen LogP contribution in [0.4, 0.5) is 0 Å². The second-order valence-corrected chi connectivity index (χ2v) is 5.58. The molecule has 0 spiro atoms. The number of aromatic nitrogens is 1. The van der Waals surface area contributed by atoms with Crippen LogP contribution in [-0.4, -0.2) is 17.7 Å². The number of nitrogens with zero attached hydrogens (tertiary/aromatic N) is 1. The highest BCUT2D eigenvalue weighted by Crippen LogP contribution is 2.34. The van der Waals surface area contributed by atoms with Gasteiger partial charge in [-0.1, -0.05) is 6.07 Å². The summed E-state index contributed by atoms with van der Waals surface area (Å²) in [6, 6.07) is 5.47. The van der Waals surface area contributed by atoms with Gasteiger partial charge in [-0.15, -0.1) is 23.7 Å². The molecule has 1 atom stereocenters. The lowest BCUT2D eigenvalue weighted by atomic mass is 10.1. The van der Waals surface area contributed by atoms with Crippen LogP contribution in [0.5, 0.6) is 11.5 Å². The zero-order chi connectivity index (χ0) is 14.8. The van der Waals surface area contributed by atoms with Gasteiger partial charge in [0.25, 0.3) is 5.91 Å². The Morgan fingerprint density at radius 3 is 2.95 bits per heavy atom. The molecule has 1 aliphatic heterocycles. The molecule has 3 N–H and O–H groups in total. The third-order valence-corrected chi connectivity index (χ3v) is 4.07. The van der Waals surface area contributed by atoms with E-state index in [2.05, 4.69) is 10.3 Å². The molecule has 0 radical (unpaired) electrons. The van der Waals surface area contributed by atoms with Gasteiger partial charge in [0, 0.05) is 11.9 Å². The molecule has 2 aromatic rings. The molecule has 1 amide bonds. The zero-order valence-corrected chi connectivity index (χ0v) is 13.5. The van der Waals surface area contributed by atoms with Crippen LogP contribution in [0.25, 0.3) is 0 Å². The molecule has 118 valence electrons. The molecule has 6 nitrogen and oxygen atoms in total. The number of ether oxygens (including phenoxy) is 2. The Hall–Kier alpha value is -1.83. The highest BCUT2D eigenvalue weighted by molar-refractivity contribution is 7.09. The number of fused-ring (bicyclic) bond motifs is 1. The van der Waals surface area contributed by atoms with Gasteiger partial charge in [-0.3, -0.25) is 4.79 Å². The standard InChI is InChI=1S/C14H15N3O3S.ClH/c1-8(9-2-3-11-12(4-9)20-7-19-11)16-14(18)10-6-21-13(5-15)17-10;/h2-4,6,8H,5,7,15H2,1H3,(H,16,18);1H. The Labute approximate surface area is 138 Å². The number of carbonyl (C=O) groups excluding carboxylic acids is 1. The molecule has 22 heavy (non-hydrogen) atoms. The first-order valence-corrected chi connectivity index (χ1v) is 7.40. The van der Waals surface area contributed by atoms with Gasteiger partial charge in [0.2, 0.25) is 6.79 Å². The van der Waals surface area contributed by atoms with Crippen LogP contribution in [0.3, 0.4) is 0 Å². The van der Waals surface area contributed by atoms with Crippen molar-refractivity contribution >= 4 is 29.7 Å². The number of hydrogen-bond acceptors (Lipinski definition) is 6. The fourth-order valence-corrected chi connectivity index (χ4v) is 2.70.